The highest BCUT2D eigenvalue weighted by molar-refractivity contribution is 9.08. The van der Waals surface area contributed by atoms with Crippen molar-refractivity contribution in [3.8, 4) is 0 Å². The van der Waals surface area contributed by atoms with Gasteiger partial charge in [-0.15, -0.1) is 16.9 Å². The molecule has 0 aliphatic rings. The van der Waals surface area contributed by atoms with Crippen molar-refractivity contribution in [2.24, 2.45) is 0 Å². The molecular weight excluding hydrogens is 286 g/mol. The van der Waals surface area contributed by atoms with Crippen molar-refractivity contribution in [2.75, 3.05) is 5.75 Å². The number of nitrogens with zero attached hydrogens (tertiary/aromatic N) is 3. The average molecular weight is 298 g/mol. The Morgan fingerprint density at radius 3 is 2.75 bits per heavy atom. The van der Waals surface area contributed by atoms with Crippen LogP contribution < -0.4 is 0 Å². The largest absolute Gasteiger partial charge is 0.251 e. The van der Waals surface area contributed by atoms with Crippen LogP contribution in [0.3, 0.4) is 0 Å². The van der Waals surface area contributed by atoms with Crippen LogP contribution in [-0.4, -0.2) is 20.7 Å². The van der Waals surface area contributed by atoms with Crippen LogP contribution >= 0.6 is 27.7 Å². The molecule has 0 saturated heterocycles. The van der Waals surface area contributed by atoms with Crippen molar-refractivity contribution in [1.82, 2.24) is 15.0 Å². The molecule has 1 heterocycles. The van der Waals surface area contributed by atoms with Gasteiger partial charge in [0, 0.05) is 22.2 Å². The summed E-state index contributed by atoms with van der Waals surface area (Å²) in [5.74, 6) is 1.01. The Balaban J connectivity index is 1.80. The van der Waals surface area contributed by atoms with Crippen molar-refractivity contribution in [3.63, 3.8) is 0 Å². The molecule has 0 fully saturated rings. The van der Waals surface area contributed by atoms with E-state index in [1.54, 1.807) is 0 Å². The van der Waals surface area contributed by atoms with Gasteiger partial charge in [0.1, 0.15) is 0 Å². The maximum Gasteiger partial charge on any atom is 0.0932 e. The number of thioether (sulfide) groups is 1. The molecule has 16 heavy (non-hydrogen) atoms. The van der Waals surface area contributed by atoms with E-state index in [1.807, 2.05) is 28.7 Å². The molecule has 3 nitrogen and oxygen atoms in total. The van der Waals surface area contributed by atoms with E-state index >= 15 is 0 Å². The van der Waals surface area contributed by atoms with E-state index in [0.29, 0.717) is 0 Å². The summed E-state index contributed by atoms with van der Waals surface area (Å²) in [5, 5.41) is 8.82. The fourth-order valence-electron chi connectivity index (χ4n) is 1.28. The summed E-state index contributed by atoms with van der Waals surface area (Å²) in [4.78, 5) is 1.29. The molecule has 0 aliphatic heterocycles. The number of rotatable bonds is 5. The minimum absolute atomic E-state index is 0.763. The molecule has 2 aromatic rings. The van der Waals surface area contributed by atoms with Crippen molar-refractivity contribution < 1.29 is 0 Å². The molecule has 1 aromatic heterocycles. The fraction of sp³-hybridized carbons (Fsp3) is 0.273. The zero-order valence-corrected chi connectivity index (χ0v) is 11.1. The first-order valence-corrected chi connectivity index (χ1v) is 7.12. The molecule has 84 valence electrons. The molecule has 0 amide bonds. The summed E-state index contributed by atoms with van der Waals surface area (Å²) in [5.41, 5.74) is 0.977. The van der Waals surface area contributed by atoms with Crippen LogP contribution in [0.1, 0.15) is 5.69 Å². The predicted octanol–water partition coefficient (Wildman–Crippen LogP) is 2.97. The van der Waals surface area contributed by atoms with E-state index in [1.165, 1.54) is 4.90 Å². The Morgan fingerprint density at radius 1 is 1.25 bits per heavy atom. The Bertz CT molecular complexity index is 430. The van der Waals surface area contributed by atoms with E-state index < -0.39 is 0 Å². The van der Waals surface area contributed by atoms with Crippen LogP contribution in [0, 0.1) is 0 Å². The lowest BCUT2D eigenvalue weighted by Gasteiger charge is -2.00. The summed E-state index contributed by atoms with van der Waals surface area (Å²) in [6.07, 6.45) is 1.97. The number of halogens is 1. The first-order chi connectivity index (χ1) is 7.88. The lowest BCUT2D eigenvalue weighted by molar-refractivity contribution is 0.632. The smallest absolute Gasteiger partial charge is 0.0932 e. The van der Waals surface area contributed by atoms with Crippen molar-refractivity contribution in [2.45, 2.75) is 16.8 Å². The van der Waals surface area contributed by atoms with E-state index in [-0.39, 0.29) is 0 Å². The van der Waals surface area contributed by atoms with Crippen LogP contribution in [0.4, 0.5) is 0 Å². The van der Waals surface area contributed by atoms with Gasteiger partial charge >= 0.3 is 0 Å². The minimum Gasteiger partial charge on any atom is -0.251 e. The molecule has 0 aliphatic carbocycles. The van der Waals surface area contributed by atoms with Crippen LogP contribution in [0.15, 0.2) is 41.4 Å². The molecule has 0 radical (unpaired) electrons. The third-order valence-corrected chi connectivity index (χ3v) is 3.62. The lowest BCUT2D eigenvalue weighted by atomic mass is 10.4. The summed E-state index contributed by atoms with van der Waals surface area (Å²) < 4.78 is 1.88. The van der Waals surface area contributed by atoms with Gasteiger partial charge in [0.05, 0.1) is 12.2 Å². The summed E-state index contributed by atoms with van der Waals surface area (Å²) in [7, 11) is 0. The molecule has 0 spiro atoms. The number of aromatic nitrogens is 3. The summed E-state index contributed by atoms with van der Waals surface area (Å²) in [6.45, 7) is 0.888. The summed E-state index contributed by atoms with van der Waals surface area (Å²) >= 11 is 5.19. The molecule has 0 atom stereocenters. The standard InChI is InChI=1S/C11H12BrN3S/c12-8-10-9-15(14-13-10)6-7-16-11-4-2-1-3-5-11/h1-5,9H,6-8H2. The maximum atomic E-state index is 4.04. The Morgan fingerprint density at radius 2 is 2.06 bits per heavy atom. The second-order valence-electron chi connectivity index (χ2n) is 3.27. The quantitative estimate of drug-likeness (QED) is 0.628. The topological polar surface area (TPSA) is 30.7 Å². The summed E-state index contributed by atoms with van der Waals surface area (Å²) in [6, 6.07) is 10.4. The monoisotopic (exact) mass is 297 g/mol. The number of hydrogen-bond donors (Lipinski definition) is 0. The van der Waals surface area contributed by atoms with Gasteiger partial charge in [-0.1, -0.05) is 39.3 Å². The van der Waals surface area contributed by atoms with E-state index in [0.717, 1.165) is 23.3 Å². The highest BCUT2D eigenvalue weighted by Crippen LogP contribution is 2.16. The molecular formula is C11H12BrN3S. The first-order valence-electron chi connectivity index (χ1n) is 5.01. The van der Waals surface area contributed by atoms with Gasteiger partial charge in [-0.05, 0) is 12.1 Å². The number of aryl methyl sites for hydroxylation is 1. The van der Waals surface area contributed by atoms with Gasteiger partial charge in [0.25, 0.3) is 0 Å². The normalized spacial score (nSPS) is 10.6. The second kappa shape index (κ2) is 6.06. The van der Waals surface area contributed by atoms with E-state index in [4.69, 9.17) is 0 Å². The second-order valence-corrected chi connectivity index (χ2v) is 5.00. The molecule has 0 unspecified atom stereocenters. The average Bonchev–Trinajstić information content (AvgIpc) is 2.78. The van der Waals surface area contributed by atoms with Gasteiger partial charge in [0.15, 0.2) is 0 Å². The SMILES string of the molecule is BrCc1cn(CCSc2ccccc2)nn1. The van der Waals surface area contributed by atoms with E-state index in [9.17, 15) is 0 Å². The predicted molar refractivity (Wildman–Crippen MR) is 69.8 cm³/mol. The molecule has 5 heteroatoms. The van der Waals surface area contributed by atoms with Crippen LogP contribution in [0.25, 0.3) is 0 Å². The van der Waals surface area contributed by atoms with Gasteiger partial charge in [-0.25, -0.2) is 0 Å². The Labute approximate surface area is 107 Å². The third-order valence-electron chi connectivity index (χ3n) is 2.06. The molecule has 0 saturated carbocycles. The van der Waals surface area contributed by atoms with Crippen LogP contribution in [0.5, 0.6) is 0 Å². The third kappa shape index (κ3) is 3.35. The lowest BCUT2D eigenvalue weighted by Crippen LogP contribution is -2.00. The molecule has 0 bridgehead atoms. The number of alkyl halides is 1. The zero-order valence-electron chi connectivity index (χ0n) is 8.71. The molecule has 0 N–H and O–H groups in total. The van der Waals surface area contributed by atoms with Crippen LogP contribution in [0.2, 0.25) is 0 Å². The van der Waals surface area contributed by atoms with Crippen molar-refractivity contribution in [1.29, 1.82) is 0 Å². The zero-order chi connectivity index (χ0) is 11.2. The van der Waals surface area contributed by atoms with Crippen molar-refractivity contribution in [3.05, 3.63) is 42.2 Å². The van der Waals surface area contributed by atoms with Crippen molar-refractivity contribution >= 4 is 27.7 Å². The maximum absolute atomic E-state index is 4.04. The molecule has 1 aromatic carbocycles. The first kappa shape index (κ1) is 11.7. The number of benzene rings is 1. The van der Waals surface area contributed by atoms with Crippen LogP contribution in [-0.2, 0) is 11.9 Å². The number of hydrogen-bond acceptors (Lipinski definition) is 3. The Kier molecular flexibility index (Phi) is 4.42. The fourth-order valence-corrected chi connectivity index (χ4v) is 2.40. The highest BCUT2D eigenvalue weighted by Gasteiger charge is 1.99. The van der Waals surface area contributed by atoms with Gasteiger partial charge in [-0.2, -0.15) is 0 Å². The van der Waals surface area contributed by atoms with Gasteiger partial charge in [-0.3, -0.25) is 4.68 Å². The highest BCUT2D eigenvalue weighted by atomic mass is 79.9. The molecule has 2 rings (SSSR count). The van der Waals surface area contributed by atoms with E-state index in [2.05, 4.69) is 50.5 Å². The van der Waals surface area contributed by atoms with Gasteiger partial charge in [0.2, 0.25) is 0 Å². The van der Waals surface area contributed by atoms with Gasteiger partial charge < -0.3 is 0 Å². The Hall–Kier alpha value is -0.810. The minimum atomic E-state index is 0.763.